The molecule has 2 heterocycles. The van der Waals surface area contributed by atoms with Crippen molar-refractivity contribution in [2.24, 2.45) is 0 Å². The van der Waals surface area contributed by atoms with Gasteiger partial charge in [0.05, 0.1) is 12.2 Å². The van der Waals surface area contributed by atoms with Crippen LogP contribution < -0.4 is 10.5 Å². The smallest absolute Gasteiger partial charge is 0.340 e. The second-order valence-electron chi connectivity index (χ2n) is 3.67. The van der Waals surface area contributed by atoms with E-state index in [-0.39, 0.29) is 17.1 Å². The average Bonchev–Trinajstić information content (AvgIpc) is 2.91. The molecule has 2 aromatic heterocycles. The molecule has 0 atom stereocenters. The number of nitrogens with zero attached hydrogens (tertiary/aromatic N) is 1. The zero-order valence-corrected chi connectivity index (χ0v) is 11.3. The molecule has 0 spiro atoms. The molecule has 0 aromatic carbocycles. The van der Waals surface area contributed by atoms with E-state index in [9.17, 15) is 4.79 Å². The SMILES string of the molecule is CCOC(=O)c1ccnc(OCc2cccs2)c1N. The molecule has 0 saturated carbocycles. The summed E-state index contributed by atoms with van der Waals surface area (Å²) in [6, 6.07) is 5.41. The summed E-state index contributed by atoms with van der Waals surface area (Å²) in [5.74, 6) is -0.220. The van der Waals surface area contributed by atoms with Crippen molar-refractivity contribution >= 4 is 23.0 Å². The third-order valence-electron chi connectivity index (χ3n) is 2.38. The van der Waals surface area contributed by atoms with Crippen molar-refractivity contribution in [3.05, 3.63) is 40.2 Å². The Labute approximate surface area is 115 Å². The fourth-order valence-corrected chi connectivity index (χ4v) is 2.11. The summed E-state index contributed by atoms with van der Waals surface area (Å²) in [7, 11) is 0. The maximum atomic E-state index is 11.7. The number of carbonyl (C=O) groups excluding carboxylic acids is 1. The fourth-order valence-electron chi connectivity index (χ4n) is 1.49. The van der Waals surface area contributed by atoms with Crippen LogP contribution in [0.2, 0.25) is 0 Å². The summed E-state index contributed by atoms with van der Waals surface area (Å²) >= 11 is 1.58. The molecule has 19 heavy (non-hydrogen) atoms. The van der Waals surface area contributed by atoms with Crippen molar-refractivity contribution in [1.29, 1.82) is 0 Å². The summed E-state index contributed by atoms with van der Waals surface area (Å²) in [6.45, 7) is 2.41. The quantitative estimate of drug-likeness (QED) is 0.850. The molecule has 0 aliphatic carbocycles. The van der Waals surface area contributed by atoms with Gasteiger partial charge in [0.1, 0.15) is 12.3 Å². The summed E-state index contributed by atoms with van der Waals surface area (Å²) in [5.41, 5.74) is 6.35. The Balaban J connectivity index is 2.13. The Hall–Kier alpha value is -2.08. The molecular formula is C13H14N2O3S. The first-order valence-electron chi connectivity index (χ1n) is 5.79. The van der Waals surface area contributed by atoms with Crippen LogP contribution >= 0.6 is 11.3 Å². The van der Waals surface area contributed by atoms with E-state index in [0.717, 1.165) is 4.88 Å². The molecule has 0 aliphatic heterocycles. The van der Waals surface area contributed by atoms with Crippen molar-refractivity contribution in [3.8, 4) is 5.88 Å². The minimum absolute atomic E-state index is 0.206. The molecule has 2 N–H and O–H groups in total. The van der Waals surface area contributed by atoms with Gasteiger partial charge >= 0.3 is 5.97 Å². The Morgan fingerprint density at radius 2 is 2.32 bits per heavy atom. The van der Waals surface area contributed by atoms with Crippen LogP contribution in [-0.4, -0.2) is 17.6 Å². The van der Waals surface area contributed by atoms with Gasteiger partial charge in [0.2, 0.25) is 5.88 Å². The van der Waals surface area contributed by atoms with Crippen molar-refractivity contribution in [1.82, 2.24) is 4.98 Å². The first-order valence-corrected chi connectivity index (χ1v) is 6.67. The van der Waals surface area contributed by atoms with E-state index in [1.54, 1.807) is 18.3 Å². The molecule has 0 aliphatic rings. The number of nitrogen functional groups attached to an aromatic ring is 1. The summed E-state index contributed by atoms with van der Waals surface area (Å²) in [4.78, 5) is 16.8. The third kappa shape index (κ3) is 3.23. The lowest BCUT2D eigenvalue weighted by Crippen LogP contribution is -2.10. The third-order valence-corrected chi connectivity index (χ3v) is 3.23. The van der Waals surface area contributed by atoms with Gasteiger partial charge in [-0.3, -0.25) is 0 Å². The van der Waals surface area contributed by atoms with Crippen molar-refractivity contribution in [2.45, 2.75) is 13.5 Å². The zero-order valence-electron chi connectivity index (χ0n) is 10.5. The predicted molar refractivity (Wildman–Crippen MR) is 73.3 cm³/mol. The standard InChI is InChI=1S/C13H14N2O3S/c1-2-17-13(16)10-5-6-15-12(11(10)14)18-8-9-4-3-7-19-9/h3-7H,2,8,14H2,1H3. The van der Waals surface area contributed by atoms with Crippen LogP contribution in [0.1, 0.15) is 22.2 Å². The summed E-state index contributed by atoms with van der Waals surface area (Å²) in [6.07, 6.45) is 1.48. The number of hydrogen-bond donors (Lipinski definition) is 1. The van der Waals surface area contributed by atoms with Crippen molar-refractivity contribution in [2.75, 3.05) is 12.3 Å². The number of rotatable bonds is 5. The molecule has 0 fully saturated rings. The topological polar surface area (TPSA) is 74.4 Å². The number of thiophene rings is 1. The van der Waals surface area contributed by atoms with Crippen LogP contribution in [0, 0.1) is 0 Å². The number of nitrogens with two attached hydrogens (primary N) is 1. The van der Waals surface area contributed by atoms with Crippen LogP contribution in [0.3, 0.4) is 0 Å². The summed E-state index contributed by atoms with van der Waals surface area (Å²) < 4.78 is 10.4. The number of aromatic nitrogens is 1. The second kappa shape index (κ2) is 6.19. The highest BCUT2D eigenvalue weighted by molar-refractivity contribution is 7.09. The highest BCUT2D eigenvalue weighted by Crippen LogP contribution is 2.24. The van der Waals surface area contributed by atoms with Crippen LogP contribution in [0.4, 0.5) is 5.69 Å². The number of pyridine rings is 1. The molecule has 0 bridgehead atoms. The lowest BCUT2D eigenvalue weighted by Gasteiger charge is -2.09. The number of ether oxygens (including phenoxy) is 2. The van der Waals surface area contributed by atoms with Gasteiger partial charge in [-0.1, -0.05) is 6.07 Å². The molecule has 2 rings (SSSR count). The van der Waals surface area contributed by atoms with Gasteiger partial charge in [-0.25, -0.2) is 9.78 Å². The van der Waals surface area contributed by atoms with Crippen LogP contribution in [0.15, 0.2) is 29.8 Å². The van der Waals surface area contributed by atoms with Gasteiger partial charge in [-0.05, 0) is 24.4 Å². The van der Waals surface area contributed by atoms with Crippen molar-refractivity contribution < 1.29 is 14.3 Å². The number of anilines is 1. The Morgan fingerprint density at radius 3 is 3.00 bits per heavy atom. The average molecular weight is 278 g/mol. The largest absolute Gasteiger partial charge is 0.470 e. The molecular weight excluding hydrogens is 264 g/mol. The molecule has 0 unspecified atom stereocenters. The van der Waals surface area contributed by atoms with E-state index in [0.29, 0.717) is 13.2 Å². The van der Waals surface area contributed by atoms with Gasteiger partial charge in [-0.2, -0.15) is 0 Å². The molecule has 5 nitrogen and oxygen atoms in total. The monoisotopic (exact) mass is 278 g/mol. The molecule has 0 amide bonds. The summed E-state index contributed by atoms with van der Waals surface area (Å²) in [5, 5.41) is 1.96. The van der Waals surface area contributed by atoms with E-state index in [4.69, 9.17) is 15.2 Å². The van der Waals surface area contributed by atoms with Crippen LogP contribution in [-0.2, 0) is 11.3 Å². The molecule has 0 radical (unpaired) electrons. The number of esters is 1. The second-order valence-corrected chi connectivity index (χ2v) is 4.70. The van der Waals surface area contributed by atoms with Gasteiger partial charge < -0.3 is 15.2 Å². The Kier molecular flexibility index (Phi) is 4.35. The van der Waals surface area contributed by atoms with E-state index < -0.39 is 5.97 Å². The minimum atomic E-state index is -0.469. The first-order chi connectivity index (χ1) is 9.22. The van der Waals surface area contributed by atoms with E-state index >= 15 is 0 Å². The van der Waals surface area contributed by atoms with Gasteiger partial charge in [0, 0.05) is 11.1 Å². The number of carbonyl (C=O) groups is 1. The van der Waals surface area contributed by atoms with Gasteiger partial charge in [0.25, 0.3) is 0 Å². The van der Waals surface area contributed by atoms with Crippen LogP contribution in [0.25, 0.3) is 0 Å². The fraction of sp³-hybridized carbons (Fsp3) is 0.231. The highest BCUT2D eigenvalue weighted by Gasteiger charge is 2.15. The van der Waals surface area contributed by atoms with Crippen LogP contribution in [0.5, 0.6) is 5.88 Å². The molecule has 6 heteroatoms. The zero-order chi connectivity index (χ0) is 13.7. The lowest BCUT2D eigenvalue weighted by molar-refractivity contribution is 0.0527. The maximum absolute atomic E-state index is 11.7. The molecule has 2 aromatic rings. The van der Waals surface area contributed by atoms with Gasteiger partial charge in [0.15, 0.2) is 0 Å². The Bertz CT molecular complexity index is 555. The molecule has 0 saturated heterocycles. The van der Waals surface area contributed by atoms with E-state index in [1.165, 1.54) is 12.3 Å². The predicted octanol–water partition coefficient (Wildman–Crippen LogP) is 2.48. The van der Waals surface area contributed by atoms with E-state index in [1.807, 2.05) is 17.5 Å². The van der Waals surface area contributed by atoms with Crippen molar-refractivity contribution in [3.63, 3.8) is 0 Å². The highest BCUT2D eigenvalue weighted by atomic mass is 32.1. The normalized spacial score (nSPS) is 10.2. The molecule has 100 valence electrons. The Morgan fingerprint density at radius 1 is 1.47 bits per heavy atom. The number of hydrogen-bond acceptors (Lipinski definition) is 6. The first kappa shape index (κ1) is 13.4. The van der Waals surface area contributed by atoms with E-state index in [2.05, 4.69) is 4.98 Å². The minimum Gasteiger partial charge on any atom is -0.470 e. The maximum Gasteiger partial charge on any atom is 0.340 e. The lowest BCUT2D eigenvalue weighted by atomic mass is 10.2. The van der Waals surface area contributed by atoms with Gasteiger partial charge in [-0.15, -0.1) is 11.3 Å².